The van der Waals surface area contributed by atoms with Gasteiger partial charge in [-0.15, -0.1) is 9.79 Å². The molecule has 3 nitrogen and oxygen atoms in total. The number of benzene rings is 1. The first-order valence-corrected chi connectivity index (χ1v) is 3.66. The second-order valence-corrected chi connectivity index (χ2v) is 1.84. The van der Waals surface area contributed by atoms with Crippen molar-refractivity contribution in [2.24, 2.45) is 0 Å². The Balaban J connectivity index is 0. The van der Waals surface area contributed by atoms with Crippen LogP contribution in [0.1, 0.15) is 0 Å². The zero-order valence-corrected chi connectivity index (χ0v) is 7.33. The maximum Gasteiger partial charge on any atom is 0.692 e. The van der Waals surface area contributed by atoms with Gasteiger partial charge in [0, 0.05) is 21.1 Å². The van der Waals surface area contributed by atoms with Crippen LogP contribution >= 0.6 is 8.25 Å². The van der Waals surface area contributed by atoms with Crippen LogP contribution in [-0.4, -0.2) is 9.79 Å². The fourth-order valence-corrected chi connectivity index (χ4v) is 0.342. The van der Waals surface area contributed by atoms with E-state index in [9.17, 15) is 0 Å². The molecule has 1 rings (SSSR count). The van der Waals surface area contributed by atoms with E-state index in [1.165, 1.54) is 0 Å². The molecule has 64 valence electrons. The molecule has 1 aromatic carbocycles. The molecule has 0 saturated heterocycles. The average molecular weight is 217 g/mol. The Kier molecular flexibility index (Phi) is 11.8. The Bertz CT molecular complexity index is 150. The molecular formula is C6H7NiO3P. The monoisotopic (exact) mass is 216 g/mol. The largest absolute Gasteiger partial charge is 0.692 e. The first-order valence-electron chi connectivity index (χ1n) is 2.49. The average Bonchev–Trinajstić information content (AvgIpc) is 1.90. The van der Waals surface area contributed by atoms with Gasteiger partial charge in [-0.3, -0.25) is 0 Å². The summed E-state index contributed by atoms with van der Waals surface area (Å²) in [5, 5.41) is 0. The minimum Gasteiger partial charge on any atom is -0.184 e. The van der Waals surface area contributed by atoms with Crippen molar-refractivity contribution in [1.29, 1.82) is 0 Å². The SMILES string of the molecule is O=[P+](O)O.[Ni].[c-]1ccccc1. The summed E-state index contributed by atoms with van der Waals surface area (Å²) < 4.78 is 8.70. The van der Waals surface area contributed by atoms with Gasteiger partial charge in [-0.05, 0) is 0 Å². The summed E-state index contributed by atoms with van der Waals surface area (Å²) >= 11 is 0. The van der Waals surface area contributed by atoms with Crippen molar-refractivity contribution in [3.63, 3.8) is 0 Å². The standard InChI is InChI=1S/C6H5.Ni.HO3P/c1-2-4-6-5-3-1;;1-4(2)3/h1-5H;;(H-,1,2,3)/q-1;;/p+1. The van der Waals surface area contributed by atoms with Crippen molar-refractivity contribution < 1.29 is 30.8 Å². The van der Waals surface area contributed by atoms with E-state index in [4.69, 9.17) is 14.4 Å². The minimum atomic E-state index is -2.87. The molecule has 0 aromatic heterocycles. The number of hydrogen-bond donors (Lipinski definition) is 2. The predicted molar refractivity (Wildman–Crippen MR) is 37.3 cm³/mol. The van der Waals surface area contributed by atoms with Crippen molar-refractivity contribution in [1.82, 2.24) is 0 Å². The van der Waals surface area contributed by atoms with E-state index in [2.05, 4.69) is 6.07 Å². The molecule has 0 atom stereocenters. The molecule has 5 heteroatoms. The molecule has 1 aromatic rings. The third-order valence-corrected chi connectivity index (χ3v) is 0.607. The first kappa shape index (κ1) is 13.3. The molecule has 0 fully saturated rings. The third kappa shape index (κ3) is 17.7. The Morgan fingerprint density at radius 2 is 1.45 bits per heavy atom. The molecule has 0 bridgehead atoms. The van der Waals surface area contributed by atoms with Crippen LogP contribution in [0.2, 0.25) is 0 Å². The van der Waals surface area contributed by atoms with Gasteiger partial charge in [-0.2, -0.15) is 36.4 Å². The second-order valence-electron chi connectivity index (χ2n) is 1.33. The van der Waals surface area contributed by atoms with Crippen LogP contribution in [0.5, 0.6) is 0 Å². The van der Waals surface area contributed by atoms with E-state index in [1.54, 1.807) is 0 Å². The number of hydrogen-bond acceptors (Lipinski definition) is 1. The van der Waals surface area contributed by atoms with Crippen LogP contribution in [0, 0.1) is 6.07 Å². The van der Waals surface area contributed by atoms with Crippen molar-refractivity contribution in [3.8, 4) is 0 Å². The molecule has 0 amide bonds. The van der Waals surface area contributed by atoms with Crippen LogP contribution in [0.3, 0.4) is 0 Å². The van der Waals surface area contributed by atoms with Crippen LogP contribution in [0.15, 0.2) is 30.3 Å². The summed E-state index contributed by atoms with van der Waals surface area (Å²) in [5.41, 5.74) is 0. The smallest absolute Gasteiger partial charge is 0.184 e. The van der Waals surface area contributed by atoms with Gasteiger partial charge in [0.25, 0.3) is 0 Å². The summed E-state index contributed by atoms with van der Waals surface area (Å²) in [7, 11) is -2.87. The Hall–Kier alpha value is -0.266. The maximum atomic E-state index is 8.70. The molecule has 0 aliphatic rings. The van der Waals surface area contributed by atoms with Gasteiger partial charge in [0.15, 0.2) is 0 Å². The fourth-order valence-electron chi connectivity index (χ4n) is 0.342. The van der Waals surface area contributed by atoms with Gasteiger partial charge < -0.3 is 0 Å². The topological polar surface area (TPSA) is 57.5 Å². The molecule has 0 heterocycles. The van der Waals surface area contributed by atoms with Gasteiger partial charge in [-0.25, -0.2) is 0 Å². The van der Waals surface area contributed by atoms with E-state index in [1.807, 2.05) is 30.3 Å². The van der Waals surface area contributed by atoms with Crippen molar-refractivity contribution in [2.45, 2.75) is 0 Å². The minimum absolute atomic E-state index is 0. The quantitative estimate of drug-likeness (QED) is 0.388. The predicted octanol–water partition coefficient (Wildman–Crippen LogP) is 1.11. The van der Waals surface area contributed by atoms with Gasteiger partial charge in [0.1, 0.15) is 0 Å². The van der Waals surface area contributed by atoms with Crippen LogP contribution in [0.25, 0.3) is 0 Å². The molecule has 0 saturated carbocycles. The zero-order chi connectivity index (χ0) is 7.82. The molecular weight excluding hydrogens is 210 g/mol. The molecule has 0 radical (unpaired) electrons. The molecule has 2 N–H and O–H groups in total. The van der Waals surface area contributed by atoms with Crippen LogP contribution < -0.4 is 0 Å². The molecule has 0 aliphatic heterocycles. The van der Waals surface area contributed by atoms with Crippen LogP contribution in [-0.2, 0) is 21.1 Å². The second kappa shape index (κ2) is 9.73. The Morgan fingerprint density at radius 3 is 1.55 bits per heavy atom. The third-order valence-electron chi connectivity index (χ3n) is 0.607. The molecule has 0 unspecified atom stereocenters. The molecule has 0 aliphatic carbocycles. The summed E-state index contributed by atoms with van der Waals surface area (Å²) in [5.74, 6) is 0. The van der Waals surface area contributed by atoms with Crippen molar-refractivity contribution >= 4 is 8.25 Å². The zero-order valence-electron chi connectivity index (χ0n) is 5.45. The van der Waals surface area contributed by atoms with Crippen molar-refractivity contribution in [3.05, 3.63) is 36.4 Å². The summed E-state index contributed by atoms with van der Waals surface area (Å²) in [6, 6.07) is 12.5. The fraction of sp³-hybridized carbons (Fsp3) is 0. The van der Waals surface area contributed by atoms with E-state index in [-0.39, 0.29) is 16.5 Å². The van der Waals surface area contributed by atoms with E-state index < -0.39 is 8.25 Å². The first-order chi connectivity index (χ1) is 4.73. The van der Waals surface area contributed by atoms with Crippen molar-refractivity contribution in [2.75, 3.05) is 0 Å². The van der Waals surface area contributed by atoms with E-state index in [0.717, 1.165) is 0 Å². The Labute approximate surface area is 76.0 Å². The summed E-state index contributed by atoms with van der Waals surface area (Å²) in [4.78, 5) is 14.2. The maximum absolute atomic E-state index is 8.70. The van der Waals surface area contributed by atoms with E-state index >= 15 is 0 Å². The summed E-state index contributed by atoms with van der Waals surface area (Å²) in [6.07, 6.45) is 0. The van der Waals surface area contributed by atoms with Gasteiger partial charge >= 0.3 is 8.25 Å². The Morgan fingerprint density at radius 1 is 1.09 bits per heavy atom. The van der Waals surface area contributed by atoms with Gasteiger partial charge in [0.2, 0.25) is 0 Å². The molecule has 0 spiro atoms. The summed E-state index contributed by atoms with van der Waals surface area (Å²) in [6.45, 7) is 0. The van der Waals surface area contributed by atoms with Crippen LogP contribution in [0.4, 0.5) is 0 Å². The molecule has 11 heavy (non-hydrogen) atoms. The van der Waals surface area contributed by atoms with E-state index in [0.29, 0.717) is 0 Å². The van der Waals surface area contributed by atoms with Gasteiger partial charge in [0.05, 0.1) is 0 Å². The number of rotatable bonds is 0. The van der Waals surface area contributed by atoms with Gasteiger partial charge in [-0.1, -0.05) is 0 Å². The normalized spacial score (nSPS) is 6.73.